The third kappa shape index (κ3) is 4.48. The van der Waals surface area contributed by atoms with Gasteiger partial charge in [-0.2, -0.15) is 0 Å². The van der Waals surface area contributed by atoms with E-state index < -0.39 is 5.97 Å². The minimum absolute atomic E-state index is 0.115. The minimum atomic E-state index is -0.403. The molecule has 0 fully saturated rings. The summed E-state index contributed by atoms with van der Waals surface area (Å²) in [5.41, 5.74) is 1.50. The van der Waals surface area contributed by atoms with Crippen LogP contribution in [0.2, 0.25) is 0 Å². The molecule has 6 nitrogen and oxygen atoms in total. The van der Waals surface area contributed by atoms with Crippen LogP contribution in [0.1, 0.15) is 34.6 Å². The van der Waals surface area contributed by atoms with E-state index in [4.69, 9.17) is 9.47 Å². The van der Waals surface area contributed by atoms with E-state index >= 15 is 0 Å². The zero-order valence-electron chi connectivity index (χ0n) is 15.8. The summed E-state index contributed by atoms with van der Waals surface area (Å²) < 4.78 is 10.5. The molecule has 0 radical (unpaired) electrons. The molecule has 7 heteroatoms. The van der Waals surface area contributed by atoms with Crippen LogP contribution in [0.5, 0.6) is 5.75 Å². The number of esters is 1. The van der Waals surface area contributed by atoms with Crippen molar-refractivity contribution in [1.82, 2.24) is 0 Å². The van der Waals surface area contributed by atoms with Crippen molar-refractivity contribution in [3.63, 3.8) is 0 Å². The van der Waals surface area contributed by atoms with Crippen molar-refractivity contribution in [1.29, 1.82) is 0 Å². The molecule has 1 aliphatic heterocycles. The average molecular weight is 389 g/mol. The third-order valence-corrected chi connectivity index (χ3v) is 5.89. The number of para-hydroxylation sites is 1. The number of thiophene rings is 1. The van der Waals surface area contributed by atoms with Crippen LogP contribution in [0.4, 0.5) is 5.00 Å². The van der Waals surface area contributed by atoms with E-state index in [1.54, 1.807) is 12.1 Å². The molecule has 2 heterocycles. The fourth-order valence-corrected chi connectivity index (χ4v) is 4.53. The SMILES string of the molecule is COC(=O)c1c(NC(=O)COc2ccccc2)sc2c1CC[NH+](C(C)C)C2. The number of methoxy groups -OCH3 is 1. The number of quaternary nitrogens is 1. The van der Waals surface area contributed by atoms with Crippen LogP contribution in [-0.2, 0) is 22.5 Å². The maximum atomic E-state index is 12.3. The number of carbonyl (C=O) groups excluding carboxylic acids is 2. The van der Waals surface area contributed by atoms with Crippen molar-refractivity contribution in [3.8, 4) is 5.75 Å². The van der Waals surface area contributed by atoms with Gasteiger partial charge < -0.3 is 19.7 Å². The fourth-order valence-electron chi connectivity index (χ4n) is 3.23. The molecule has 3 rings (SSSR count). The van der Waals surface area contributed by atoms with Gasteiger partial charge in [0.2, 0.25) is 0 Å². The number of anilines is 1. The second kappa shape index (κ2) is 8.54. The normalized spacial score (nSPS) is 15.9. The van der Waals surface area contributed by atoms with E-state index in [2.05, 4.69) is 19.2 Å². The summed E-state index contributed by atoms with van der Waals surface area (Å²) in [6.07, 6.45) is 0.806. The van der Waals surface area contributed by atoms with Gasteiger partial charge in [-0.25, -0.2) is 4.79 Å². The van der Waals surface area contributed by atoms with Gasteiger partial charge in [-0.3, -0.25) is 4.79 Å². The molecule has 1 aliphatic rings. The van der Waals surface area contributed by atoms with Gasteiger partial charge in [0.15, 0.2) is 6.61 Å². The number of benzene rings is 1. The molecule has 144 valence electrons. The van der Waals surface area contributed by atoms with Crippen molar-refractivity contribution >= 4 is 28.2 Å². The Hall–Kier alpha value is -2.38. The van der Waals surface area contributed by atoms with Crippen LogP contribution in [0.25, 0.3) is 0 Å². The monoisotopic (exact) mass is 389 g/mol. The van der Waals surface area contributed by atoms with Gasteiger partial charge >= 0.3 is 5.97 Å². The van der Waals surface area contributed by atoms with Gasteiger partial charge in [0.05, 0.1) is 30.1 Å². The van der Waals surface area contributed by atoms with E-state index in [0.717, 1.165) is 30.0 Å². The summed E-state index contributed by atoms with van der Waals surface area (Å²) in [6.45, 7) is 6.10. The summed E-state index contributed by atoms with van der Waals surface area (Å²) in [4.78, 5) is 27.3. The number of hydrogen-bond donors (Lipinski definition) is 2. The Morgan fingerprint density at radius 2 is 2.00 bits per heavy atom. The largest absolute Gasteiger partial charge is 0.484 e. The molecule has 27 heavy (non-hydrogen) atoms. The number of fused-ring (bicyclic) bond motifs is 1. The predicted octanol–water partition coefficient (Wildman–Crippen LogP) is 1.90. The number of ether oxygens (including phenoxy) is 2. The molecule has 0 saturated heterocycles. The van der Waals surface area contributed by atoms with Crippen LogP contribution in [0, 0.1) is 0 Å². The third-order valence-electron chi connectivity index (χ3n) is 4.75. The first kappa shape index (κ1) is 19.4. The Kier molecular flexibility index (Phi) is 6.13. The quantitative estimate of drug-likeness (QED) is 0.741. The van der Waals surface area contributed by atoms with Gasteiger partial charge in [0.1, 0.15) is 17.3 Å². The van der Waals surface area contributed by atoms with Crippen LogP contribution >= 0.6 is 11.3 Å². The standard InChI is InChI=1S/C20H24N2O4S/c1-13(2)22-10-9-15-16(11-22)27-19(18(15)20(24)25-3)21-17(23)12-26-14-7-5-4-6-8-14/h4-8,13H,9-12H2,1-3H3,(H,21,23)/p+1. The lowest BCUT2D eigenvalue weighted by Gasteiger charge is -2.27. The van der Waals surface area contributed by atoms with Crippen molar-refractivity contribution in [3.05, 3.63) is 46.3 Å². The predicted molar refractivity (Wildman–Crippen MR) is 105 cm³/mol. The molecule has 0 bridgehead atoms. The maximum absolute atomic E-state index is 12.3. The molecule has 2 N–H and O–H groups in total. The molecule has 1 unspecified atom stereocenters. The number of amides is 1. The van der Waals surface area contributed by atoms with Crippen molar-refractivity contribution in [2.24, 2.45) is 0 Å². The fraction of sp³-hybridized carbons (Fsp3) is 0.400. The zero-order valence-corrected chi connectivity index (χ0v) is 16.7. The minimum Gasteiger partial charge on any atom is -0.484 e. The van der Waals surface area contributed by atoms with E-state index in [9.17, 15) is 9.59 Å². The Bertz CT molecular complexity index is 817. The van der Waals surface area contributed by atoms with E-state index in [1.165, 1.54) is 23.3 Å². The molecular formula is C20H25N2O4S+. The van der Waals surface area contributed by atoms with Crippen LogP contribution < -0.4 is 15.0 Å². The molecule has 0 aliphatic carbocycles. The summed E-state index contributed by atoms with van der Waals surface area (Å²) in [5, 5.41) is 3.40. The summed E-state index contributed by atoms with van der Waals surface area (Å²) in [5.74, 6) is -0.0714. The van der Waals surface area contributed by atoms with Crippen LogP contribution in [-0.4, -0.2) is 38.2 Å². The first-order valence-corrected chi connectivity index (χ1v) is 9.86. The number of rotatable bonds is 6. The lowest BCUT2D eigenvalue weighted by Crippen LogP contribution is -3.14. The first-order chi connectivity index (χ1) is 13.0. The topological polar surface area (TPSA) is 69.1 Å². The second-order valence-electron chi connectivity index (χ2n) is 6.84. The highest BCUT2D eigenvalue weighted by Crippen LogP contribution is 2.35. The Morgan fingerprint density at radius 3 is 2.67 bits per heavy atom. The van der Waals surface area contributed by atoms with E-state index in [1.807, 2.05) is 18.2 Å². The lowest BCUT2D eigenvalue weighted by atomic mass is 10.0. The average Bonchev–Trinajstić information content (AvgIpc) is 3.03. The first-order valence-electron chi connectivity index (χ1n) is 9.04. The molecule has 2 aromatic rings. The highest BCUT2D eigenvalue weighted by atomic mass is 32.1. The van der Waals surface area contributed by atoms with Gasteiger partial charge in [-0.05, 0) is 31.5 Å². The highest BCUT2D eigenvalue weighted by Gasteiger charge is 2.31. The Labute approximate surface area is 163 Å². The molecule has 1 amide bonds. The van der Waals surface area contributed by atoms with E-state index in [-0.39, 0.29) is 12.5 Å². The van der Waals surface area contributed by atoms with Crippen molar-refractivity contribution < 1.29 is 24.0 Å². The summed E-state index contributed by atoms with van der Waals surface area (Å²) >= 11 is 1.47. The number of carbonyl (C=O) groups is 2. The Balaban J connectivity index is 1.76. The van der Waals surface area contributed by atoms with Crippen LogP contribution in [0.15, 0.2) is 30.3 Å². The molecule has 1 aromatic heterocycles. The molecule has 0 spiro atoms. The highest BCUT2D eigenvalue weighted by molar-refractivity contribution is 7.17. The van der Waals surface area contributed by atoms with Gasteiger partial charge in [-0.15, -0.1) is 11.3 Å². The molecule has 1 aromatic carbocycles. The van der Waals surface area contributed by atoms with Gasteiger partial charge in [-0.1, -0.05) is 18.2 Å². The lowest BCUT2D eigenvalue weighted by molar-refractivity contribution is -0.936. The molecule has 1 atom stereocenters. The second-order valence-corrected chi connectivity index (χ2v) is 7.94. The summed E-state index contributed by atoms with van der Waals surface area (Å²) in [7, 11) is 1.37. The van der Waals surface area contributed by atoms with Crippen molar-refractivity contribution in [2.45, 2.75) is 32.9 Å². The molecule has 0 saturated carbocycles. The van der Waals surface area contributed by atoms with E-state index in [0.29, 0.717) is 22.4 Å². The van der Waals surface area contributed by atoms with Crippen molar-refractivity contribution in [2.75, 3.05) is 25.6 Å². The summed E-state index contributed by atoms with van der Waals surface area (Å²) in [6, 6.07) is 9.67. The maximum Gasteiger partial charge on any atom is 0.341 e. The molecular weight excluding hydrogens is 364 g/mol. The van der Waals surface area contributed by atoms with Gasteiger partial charge in [0.25, 0.3) is 5.91 Å². The Morgan fingerprint density at radius 1 is 1.26 bits per heavy atom. The van der Waals surface area contributed by atoms with Gasteiger partial charge in [0, 0.05) is 6.42 Å². The smallest absolute Gasteiger partial charge is 0.341 e. The number of nitrogens with one attached hydrogen (secondary N) is 2. The zero-order chi connectivity index (χ0) is 19.4. The van der Waals surface area contributed by atoms with Crippen LogP contribution in [0.3, 0.4) is 0 Å². The number of hydrogen-bond acceptors (Lipinski definition) is 5.